The number of anilines is 1. The topological polar surface area (TPSA) is 89.2 Å². The lowest BCUT2D eigenvalue weighted by molar-refractivity contribution is 0.559. The number of sulfone groups is 1. The van der Waals surface area contributed by atoms with Crippen LogP contribution in [0.15, 0.2) is 18.7 Å². The third kappa shape index (κ3) is 2.15. The molecule has 0 unspecified atom stereocenters. The van der Waals surface area contributed by atoms with Gasteiger partial charge in [0.15, 0.2) is 5.82 Å². The van der Waals surface area contributed by atoms with Gasteiger partial charge >= 0.3 is 0 Å². The highest BCUT2D eigenvalue weighted by Crippen LogP contribution is 2.18. The van der Waals surface area contributed by atoms with Gasteiger partial charge in [0, 0.05) is 18.4 Å². The zero-order chi connectivity index (χ0) is 12.6. The molecule has 8 heteroatoms. The Morgan fingerprint density at radius 1 is 1.33 bits per heavy atom. The molecule has 0 bridgehead atoms. The van der Waals surface area contributed by atoms with Crippen molar-refractivity contribution in [2.45, 2.75) is 18.9 Å². The first-order chi connectivity index (χ1) is 8.64. The van der Waals surface area contributed by atoms with Crippen molar-refractivity contribution in [1.29, 1.82) is 0 Å². The molecule has 2 aromatic heterocycles. The van der Waals surface area contributed by atoms with Crippen molar-refractivity contribution in [2.75, 3.05) is 16.8 Å². The van der Waals surface area contributed by atoms with Crippen LogP contribution in [0.1, 0.15) is 12.8 Å². The summed E-state index contributed by atoms with van der Waals surface area (Å²) < 4.78 is 24.5. The van der Waals surface area contributed by atoms with E-state index in [0.717, 1.165) is 0 Å². The predicted molar refractivity (Wildman–Crippen MR) is 66.1 cm³/mol. The highest BCUT2D eigenvalue weighted by Gasteiger charge is 2.24. The van der Waals surface area contributed by atoms with E-state index in [1.54, 1.807) is 23.1 Å². The molecule has 0 radical (unpaired) electrons. The summed E-state index contributed by atoms with van der Waals surface area (Å²) >= 11 is 0. The van der Waals surface area contributed by atoms with Gasteiger partial charge in [-0.15, -0.1) is 10.2 Å². The smallest absolute Gasteiger partial charge is 0.203 e. The summed E-state index contributed by atoms with van der Waals surface area (Å²) in [6.45, 7) is 0. The van der Waals surface area contributed by atoms with E-state index >= 15 is 0 Å². The lowest BCUT2D eigenvalue weighted by Crippen LogP contribution is -2.32. The number of rotatable bonds is 2. The molecular weight excluding hydrogens is 254 g/mol. The van der Waals surface area contributed by atoms with Crippen LogP contribution in [-0.2, 0) is 9.84 Å². The number of aromatic nitrogens is 4. The van der Waals surface area contributed by atoms with Gasteiger partial charge in [0.1, 0.15) is 16.2 Å². The molecule has 1 aliphatic rings. The first-order valence-electron chi connectivity index (χ1n) is 5.75. The Kier molecular flexibility index (Phi) is 2.66. The van der Waals surface area contributed by atoms with E-state index < -0.39 is 9.84 Å². The van der Waals surface area contributed by atoms with Gasteiger partial charge in [0.25, 0.3) is 0 Å². The molecule has 1 saturated heterocycles. The van der Waals surface area contributed by atoms with Crippen LogP contribution in [0.2, 0.25) is 0 Å². The van der Waals surface area contributed by atoms with Crippen LogP contribution in [0, 0.1) is 0 Å². The van der Waals surface area contributed by atoms with Crippen molar-refractivity contribution in [3.63, 3.8) is 0 Å². The van der Waals surface area contributed by atoms with Crippen molar-refractivity contribution < 1.29 is 8.42 Å². The lowest BCUT2D eigenvalue weighted by atomic mass is 10.1. The van der Waals surface area contributed by atoms with Crippen LogP contribution >= 0.6 is 0 Å². The van der Waals surface area contributed by atoms with Gasteiger partial charge in [-0.2, -0.15) is 0 Å². The Bertz CT molecular complexity index is 652. The van der Waals surface area contributed by atoms with Crippen LogP contribution < -0.4 is 5.32 Å². The van der Waals surface area contributed by atoms with Gasteiger partial charge in [0.2, 0.25) is 5.65 Å². The molecule has 0 aromatic carbocycles. The monoisotopic (exact) mass is 267 g/mol. The molecule has 0 amide bonds. The molecule has 7 nitrogen and oxygen atoms in total. The summed E-state index contributed by atoms with van der Waals surface area (Å²) in [5.41, 5.74) is 0.658. The van der Waals surface area contributed by atoms with E-state index in [0.29, 0.717) is 24.3 Å². The third-order valence-corrected chi connectivity index (χ3v) is 4.83. The number of hydrogen-bond acceptors (Lipinski definition) is 6. The quantitative estimate of drug-likeness (QED) is 0.831. The largest absolute Gasteiger partial charge is 0.364 e. The van der Waals surface area contributed by atoms with Crippen molar-refractivity contribution in [1.82, 2.24) is 19.6 Å². The summed E-state index contributed by atoms with van der Waals surface area (Å²) in [5, 5.41) is 11.0. The first kappa shape index (κ1) is 11.4. The number of fused-ring (bicyclic) bond motifs is 1. The number of nitrogens with zero attached hydrogens (tertiary/aromatic N) is 4. The van der Waals surface area contributed by atoms with Gasteiger partial charge in [-0.25, -0.2) is 13.4 Å². The Balaban J connectivity index is 1.79. The molecule has 1 N–H and O–H groups in total. The van der Waals surface area contributed by atoms with Crippen molar-refractivity contribution in [2.24, 2.45) is 0 Å². The predicted octanol–water partition coefficient (Wildman–Crippen LogP) is 0.113. The van der Waals surface area contributed by atoms with E-state index in [4.69, 9.17) is 0 Å². The second-order valence-corrected chi connectivity index (χ2v) is 6.71. The van der Waals surface area contributed by atoms with Crippen molar-refractivity contribution >= 4 is 21.3 Å². The average molecular weight is 267 g/mol. The van der Waals surface area contributed by atoms with E-state index in [1.165, 1.54) is 0 Å². The molecule has 3 rings (SSSR count). The summed E-state index contributed by atoms with van der Waals surface area (Å²) in [4.78, 5) is 4.23. The minimum Gasteiger partial charge on any atom is -0.364 e. The van der Waals surface area contributed by atoms with Gasteiger partial charge in [0.05, 0.1) is 11.5 Å². The standard InChI is InChI=1S/C10H13N5O2S/c16-18(17)5-1-8(2-6-18)13-9-10-14-12-7-15(10)4-3-11-9/h3-4,7-8H,1-2,5-6H2,(H,11,13). The Hall–Kier alpha value is -1.70. The summed E-state index contributed by atoms with van der Waals surface area (Å²) in [6, 6.07) is 0.129. The number of nitrogens with one attached hydrogen (secondary N) is 1. The maximum Gasteiger partial charge on any atom is 0.203 e. The first-order valence-corrected chi connectivity index (χ1v) is 7.57. The van der Waals surface area contributed by atoms with Crippen LogP contribution in [0.4, 0.5) is 5.82 Å². The molecule has 0 spiro atoms. The summed E-state index contributed by atoms with van der Waals surface area (Å²) in [7, 11) is -2.83. The highest BCUT2D eigenvalue weighted by atomic mass is 32.2. The molecule has 0 aliphatic carbocycles. The van der Waals surface area contributed by atoms with Crippen LogP contribution in [0.5, 0.6) is 0 Å². The summed E-state index contributed by atoms with van der Waals surface area (Å²) in [5.74, 6) is 1.13. The minimum absolute atomic E-state index is 0.129. The second kappa shape index (κ2) is 4.20. The molecule has 96 valence electrons. The molecular formula is C10H13N5O2S. The third-order valence-electron chi connectivity index (χ3n) is 3.11. The van der Waals surface area contributed by atoms with Crippen LogP contribution in [-0.4, -0.2) is 45.5 Å². The maximum absolute atomic E-state index is 11.3. The SMILES string of the molecule is O=S1(=O)CCC(Nc2nccn3cnnc23)CC1. The lowest BCUT2D eigenvalue weighted by Gasteiger charge is -2.23. The zero-order valence-corrected chi connectivity index (χ0v) is 10.5. The molecule has 1 fully saturated rings. The van der Waals surface area contributed by atoms with E-state index in [1.807, 2.05) is 0 Å². The Morgan fingerprint density at radius 3 is 2.89 bits per heavy atom. The van der Waals surface area contributed by atoms with Gasteiger partial charge < -0.3 is 5.32 Å². The minimum atomic E-state index is -2.83. The molecule has 0 atom stereocenters. The average Bonchev–Trinajstić information content (AvgIpc) is 2.81. The second-order valence-electron chi connectivity index (χ2n) is 4.41. The fraction of sp³-hybridized carbons (Fsp3) is 0.500. The molecule has 0 saturated carbocycles. The van der Waals surface area contributed by atoms with E-state index in [-0.39, 0.29) is 17.5 Å². The van der Waals surface area contributed by atoms with Gasteiger partial charge in [-0.1, -0.05) is 0 Å². The maximum atomic E-state index is 11.3. The molecule has 3 heterocycles. The van der Waals surface area contributed by atoms with E-state index in [9.17, 15) is 8.42 Å². The fourth-order valence-electron chi connectivity index (χ4n) is 2.09. The van der Waals surface area contributed by atoms with Gasteiger partial charge in [-0.3, -0.25) is 4.40 Å². The Labute approximate surface area is 104 Å². The highest BCUT2D eigenvalue weighted by molar-refractivity contribution is 7.91. The zero-order valence-electron chi connectivity index (χ0n) is 9.65. The number of hydrogen-bond donors (Lipinski definition) is 1. The van der Waals surface area contributed by atoms with Crippen molar-refractivity contribution in [3.8, 4) is 0 Å². The molecule has 2 aromatic rings. The fourth-order valence-corrected chi connectivity index (χ4v) is 3.58. The van der Waals surface area contributed by atoms with E-state index in [2.05, 4.69) is 20.5 Å². The summed E-state index contributed by atoms with van der Waals surface area (Å²) in [6.07, 6.45) is 6.26. The normalized spacial score (nSPS) is 20.0. The Morgan fingerprint density at radius 2 is 2.11 bits per heavy atom. The van der Waals surface area contributed by atoms with Crippen molar-refractivity contribution in [3.05, 3.63) is 18.7 Å². The molecule has 1 aliphatic heterocycles. The van der Waals surface area contributed by atoms with Crippen LogP contribution in [0.3, 0.4) is 0 Å². The molecule has 18 heavy (non-hydrogen) atoms. The van der Waals surface area contributed by atoms with Crippen LogP contribution in [0.25, 0.3) is 5.65 Å². The van der Waals surface area contributed by atoms with Gasteiger partial charge in [-0.05, 0) is 12.8 Å².